The van der Waals surface area contributed by atoms with Gasteiger partial charge in [0.25, 0.3) is 11.5 Å². The van der Waals surface area contributed by atoms with E-state index in [4.69, 9.17) is 9.84 Å². The molecule has 0 radical (unpaired) electrons. The molecule has 3 rings (SSSR count). The van der Waals surface area contributed by atoms with E-state index in [0.29, 0.717) is 11.1 Å². The number of likely N-dealkylation sites (N-methyl/N-ethyl adjacent to an activating group) is 1. The monoisotopic (exact) mass is 394 g/mol. The largest absolute Gasteiger partial charge is 0.481 e. The first-order chi connectivity index (χ1) is 13.8. The van der Waals surface area contributed by atoms with Crippen LogP contribution in [0.3, 0.4) is 0 Å². The number of hydrogen-bond acceptors (Lipinski definition) is 4. The average molecular weight is 394 g/mol. The van der Waals surface area contributed by atoms with E-state index in [1.54, 1.807) is 31.3 Å². The molecule has 150 valence electrons. The summed E-state index contributed by atoms with van der Waals surface area (Å²) >= 11 is 0. The van der Waals surface area contributed by atoms with Crippen molar-refractivity contribution in [2.24, 2.45) is 0 Å². The van der Waals surface area contributed by atoms with Gasteiger partial charge in [-0.25, -0.2) is 0 Å². The van der Waals surface area contributed by atoms with Crippen molar-refractivity contribution in [3.05, 3.63) is 64.6 Å². The fraction of sp³-hybridized carbons (Fsp3) is 0.227. The first-order valence-corrected chi connectivity index (χ1v) is 9.13. The van der Waals surface area contributed by atoms with Gasteiger partial charge in [0.15, 0.2) is 6.10 Å². The van der Waals surface area contributed by atoms with E-state index in [-0.39, 0.29) is 5.56 Å². The second-order valence-electron chi connectivity index (χ2n) is 6.90. The molecule has 0 spiro atoms. The van der Waals surface area contributed by atoms with Crippen LogP contribution in [0.1, 0.15) is 12.5 Å². The Balaban J connectivity index is 1.94. The molecule has 2 aromatic carbocycles. The number of carboxylic acids is 1. The highest BCUT2D eigenvalue weighted by Crippen LogP contribution is 2.30. The van der Waals surface area contributed by atoms with E-state index in [1.807, 2.05) is 31.2 Å². The number of fused-ring (bicyclic) bond motifs is 1. The number of carboxylic acid groups (broad SMARTS) is 1. The van der Waals surface area contributed by atoms with E-state index in [9.17, 15) is 14.4 Å². The van der Waals surface area contributed by atoms with Gasteiger partial charge < -0.3 is 19.7 Å². The Kier molecular flexibility index (Phi) is 5.68. The van der Waals surface area contributed by atoms with Crippen molar-refractivity contribution in [3.8, 4) is 16.9 Å². The molecule has 0 aliphatic carbocycles. The number of nitrogens with one attached hydrogen (secondary N) is 1. The van der Waals surface area contributed by atoms with Gasteiger partial charge >= 0.3 is 5.97 Å². The van der Waals surface area contributed by atoms with Crippen LogP contribution in [-0.2, 0) is 9.59 Å². The minimum atomic E-state index is -1.10. The predicted octanol–water partition coefficient (Wildman–Crippen LogP) is 2.81. The Labute approximate surface area is 167 Å². The van der Waals surface area contributed by atoms with Gasteiger partial charge in [0, 0.05) is 18.8 Å². The summed E-state index contributed by atoms with van der Waals surface area (Å²) in [4.78, 5) is 39.3. The summed E-state index contributed by atoms with van der Waals surface area (Å²) in [5.41, 5.74) is 2.74. The molecule has 29 heavy (non-hydrogen) atoms. The number of nitrogens with zero attached hydrogens (tertiary/aromatic N) is 1. The van der Waals surface area contributed by atoms with Gasteiger partial charge in [-0.15, -0.1) is 0 Å². The lowest BCUT2D eigenvalue weighted by Gasteiger charge is -2.20. The highest BCUT2D eigenvalue weighted by atomic mass is 16.5. The van der Waals surface area contributed by atoms with Gasteiger partial charge in [-0.05, 0) is 48.6 Å². The zero-order chi connectivity index (χ0) is 21.1. The summed E-state index contributed by atoms with van der Waals surface area (Å²) in [6, 6.07) is 13.0. The van der Waals surface area contributed by atoms with E-state index < -0.39 is 24.5 Å². The van der Waals surface area contributed by atoms with Crippen LogP contribution in [0.4, 0.5) is 0 Å². The van der Waals surface area contributed by atoms with Crippen molar-refractivity contribution < 1.29 is 19.4 Å². The summed E-state index contributed by atoms with van der Waals surface area (Å²) in [6.07, 6.45) is 0.802. The third-order valence-corrected chi connectivity index (χ3v) is 4.72. The molecule has 1 amide bonds. The topological polar surface area (TPSA) is 99.7 Å². The third-order valence-electron chi connectivity index (χ3n) is 4.72. The average Bonchev–Trinajstić information content (AvgIpc) is 2.68. The minimum Gasteiger partial charge on any atom is -0.481 e. The molecule has 1 heterocycles. The van der Waals surface area contributed by atoms with Crippen LogP contribution in [0.5, 0.6) is 5.75 Å². The Hall–Kier alpha value is -3.61. The van der Waals surface area contributed by atoms with Gasteiger partial charge in [0.1, 0.15) is 12.3 Å². The van der Waals surface area contributed by atoms with Gasteiger partial charge in [0.2, 0.25) is 0 Å². The number of benzene rings is 2. The summed E-state index contributed by atoms with van der Waals surface area (Å²) in [6.45, 7) is 3.13. The minimum absolute atomic E-state index is 0.259. The molecule has 2 N–H and O–H groups in total. The van der Waals surface area contributed by atoms with Gasteiger partial charge in [-0.3, -0.25) is 14.4 Å². The van der Waals surface area contributed by atoms with E-state index >= 15 is 0 Å². The van der Waals surface area contributed by atoms with Crippen molar-refractivity contribution in [2.45, 2.75) is 20.0 Å². The Morgan fingerprint density at radius 3 is 2.55 bits per heavy atom. The highest BCUT2D eigenvalue weighted by Gasteiger charge is 2.21. The first kappa shape index (κ1) is 20.1. The number of aromatic amines is 1. The van der Waals surface area contributed by atoms with E-state index in [2.05, 4.69) is 4.98 Å². The molecule has 7 nitrogen and oxygen atoms in total. The maximum absolute atomic E-state index is 12.4. The summed E-state index contributed by atoms with van der Waals surface area (Å²) in [5, 5.41) is 10.0. The van der Waals surface area contributed by atoms with Crippen molar-refractivity contribution in [1.29, 1.82) is 0 Å². The van der Waals surface area contributed by atoms with Crippen LogP contribution in [0.25, 0.3) is 21.9 Å². The van der Waals surface area contributed by atoms with Gasteiger partial charge in [0.05, 0.1) is 5.39 Å². The second-order valence-corrected chi connectivity index (χ2v) is 6.90. The van der Waals surface area contributed by atoms with Crippen molar-refractivity contribution in [2.75, 3.05) is 13.6 Å². The zero-order valence-electron chi connectivity index (χ0n) is 16.4. The van der Waals surface area contributed by atoms with Crippen molar-refractivity contribution >= 4 is 22.6 Å². The molecule has 7 heteroatoms. The SMILES string of the molecule is Cc1ccccc1-c1c[nH]c(=O)c2cc(O[C@H](C)C(=O)N(C)CC(=O)O)ccc12. The molecular weight excluding hydrogens is 372 g/mol. The molecule has 1 atom stereocenters. The highest BCUT2D eigenvalue weighted by molar-refractivity contribution is 5.97. The second kappa shape index (κ2) is 8.18. The Bertz CT molecular complexity index is 1140. The lowest BCUT2D eigenvalue weighted by Crippen LogP contribution is -2.40. The maximum Gasteiger partial charge on any atom is 0.323 e. The summed E-state index contributed by atoms with van der Waals surface area (Å²) in [7, 11) is 1.40. The van der Waals surface area contributed by atoms with E-state index in [1.165, 1.54) is 7.05 Å². The van der Waals surface area contributed by atoms with Crippen LogP contribution in [-0.4, -0.2) is 46.6 Å². The maximum atomic E-state index is 12.4. The molecule has 0 aliphatic rings. The molecule has 0 saturated heterocycles. The quantitative estimate of drug-likeness (QED) is 0.670. The molecule has 0 saturated carbocycles. The Morgan fingerprint density at radius 1 is 1.14 bits per heavy atom. The Morgan fingerprint density at radius 2 is 1.86 bits per heavy atom. The van der Waals surface area contributed by atoms with Crippen LogP contribution in [0.15, 0.2) is 53.5 Å². The zero-order valence-corrected chi connectivity index (χ0v) is 16.4. The van der Waals surface area contributed by atoms with Crippen LogP contribution < -0.4 is 10.3 Å². The van der Waals surface area contributed by atoms with Crippen molar-refractivity contribution in [3.63, 3.8) is 0 Å². The summed E-state index contributed by atoms with van der Waals surface area (Å²) in [5.74, 6) is -1.21. The van der Waals surface area contributed by atoms with Gasteiger partial charge in [-0.2, -0.15) is 0 Å². The number of rotatable bonds is 6. The lowest BCUT2D eigenvalue weighted by molar-refractivity contribution is -0.146. The number of aryl methyl sites for hydroxylation is 1. The number of carbonyl (C=O) groups excluding carboxylic acids is 1. The fourth-order valence-corrected chi connectivity index (χ4v) is 3.26. The molecule has 0 unspecified atom stereocenters. The number of aromatic nitrogens is 1. The van der Waals surface area contributed by atoms with E-state index in [0.717, 1.165) is 27.0 Å². The van der Waals surface area contributed by atoms with Crippen LogP contribution >= 0.6 is 0 Å². The number of aliphatic carboxylic acids is 1. The number of pyridine rings is 1. The van der Waals surface area contributed by atoms with Gasteiger partial charge in [-0.1, -0.05) is 24.3 Å². The smallest absolute Gasteiger partial charge is 0.323 e. The lowest BCUT2D eigenvalue weighted by atomic mass is 9.97. The number of H-pyrrole nitrogens is 1. The molecule has 0 fully saturated rings. The standard InChI is InChI=1S/C22H22N2O5/c1-13-6-4-5-7-16(13)19-11-23-21(27)18-10-15(8-9-17(18)19)29-14(2)22(28)24(3)12-20(25)26/h4-11,14H,12H2,1-3H3,(H,23,27)(H,25,26)/t14-/m1/s1. The van der Waals surface area contributed by atoms with Crippen molar-refractivity contribution in [1.82, 2.24) is 9.88 Å². The normalized spacial score (nSPS) is 11.8. The number of amides is 1. The predicted molar refractivity (Wildman–Crippen MR) is 110 cm³/mol. The molecular formula is C22H22N2O5. The molecule has 0 bridgehead atoms. The molecule has 1 aromatic heterocycles. The number of ether oxygens (including phenoxy) is 1. The van der Waals surface area contributed by atoms with Crippen LogP contribution in [0.2, 0.25) is 0 Å². The molecule has 3 aromatic rings. The van der Waals surface area contributed by atoms with Crippen LogP contribution in [0, 0.1) is 6.92 Å². The molecule has 0 aliphatic heterocycles. The fourth-order valence-electron chi connectivity index (χ4n) is 3.26. The summed E-state index contributed by atoms with van der Waals surface area (Å²) < 4.78 is 5.67. The number of hydrogen-bond donors (Lipinski definition) is 2. The third kappa shape index (κ3) is 4.29. The number of carbonyl (C=O) groups is 2. The first-order valence-electron chi connectivity index (χ1n) is 9.13.